The zero-order valence-corrected chi connectivity index (χ0v) is 27.0. The molecule has 4 aliphatic rings. The number of carbonyl (C=O) groups excluding carboxylic acids is 2. The predicted molar refractivity (Wildman–Crippen MR) is 172 cm³/mol. The number of benzene rings is 2. The van der Waals surface area contributed by atoms with Crippen LogP contribution in [0.4, 0.5) is 0 Å². The predicted octanol–water partition coefficient (Wildman–Crippen LogP) is 5.02. The van der Waals surface area contributed by atoms with Gasteiger partial charge in [-0.3, -0.25) is 9.59 Å². The molecule has 2 aromatic carbocycles. The van der Waals surface area contributed by atoms with Crippen molar-refractivity contribution in [1.29, 1.82) is 0 Å². The van der Waals surface area contributed by atoms with Crippen LogP contribution in [0.15, 0.2) is 64.1 Å². The van der Waals surface area contributed by atoms with Gasteiger partial charge in [-0.15, -0.1) is 0 Å². The molecule has 1 spiro atoms. The van der Waals surface area contributed by atoms with Crippen molar-refractivity contribution < 1.29 is 14.7 Å². The molecule has 0 unspecified atom stereocenters. The van der Waals surface area contributed by atoms with Gasteiger partial charge in [-0.05, 0) is 72.8 Å². The summed E-state index contributed by atoms with van der Waals surface area (Å²) < 4.78 is 0. The molecule has 2 amide bonds. The molecule has 1 aliphatic carbocycles. The number of amides is 2. The number of piperazine rings is 1. The van der Waals surface area contributed by atoms with E-state index in [1.165, 1.54) is 16.7 Å². The van der Waals surface area contributed by atoms with Crippen LogP contribution in [0.25, 0.3) is 0 Å². The Hall–Kier alpha value is -2.56. The fourth-order valence-electron chi connectivity index (χ4n) is 6.50. The third-order valence-electron chi connectivity index (χ3n) is 8.93. The van der Waals surface area contributed by atoms with E-state index in [4.69, 9.17) is 28.2 Å². The van der Waals surface area contributed by atoms with E-state index in [0.717, 1.165) is 41.4 Å². The summed E-state index contributed by atoms with van der Waals surface area (Å²) in [4.78, 5) is 39.0. The zero-order valence-electron chi connectivity index (χ0n) is 24.6. The summed E-state index contributed by atoms with van der Waals surface area (Å²) in [7, 11) is 0. The molecule has 228 valence electrons. The number of amidine groups is 1. The second-order valence-electron chi connectivity index (χ2n) is 12.3. The highest BCUT2D eigenvalue weighted by molar-refractivity contribution is 8.18. The maximum Gasteiger partial charge on any atom is 0.263 e. The lowest BCUT2D eigenvalue weighted by atomic mass is 9.81. The standard InChI is InChI=1S/C32H37Cl2N5O3S/c1-20(2)26-27(29(42)37(16-17-40)18-25(41)38-15-14-35-32(19-38)12-13-32)43-30-36-31(3,22-6-10-24(34)11-7-22)28(39(26)30)21-4-8-23(33)9-5-21/h4-11,20,28,35,40H,12-19H2,1-3H3/t28-,31+/m1/s1. The second kappa shape index (κ2) is 11.7. The molecule has 0 radical (unpaired) electrons. The number of fused-ring (bicyclic) bond motifs is 1. The lowest BCUT2D eigenvalue weighted by Gasteiger charge is -2.37. The summed E-state index contributed by atoms with van der Waals surface area (Å²) >= 11 is 13.9. The van der Waals surface area contributed by atoms with E-state index in [0.29, 0.717) is 28.0 Å². The maximum atomic E-state index is 14.2. The molecular weight excluding hydrogens is 605 g/mol. The fourth-order valence-corrected chi connectivity index (χ4v) is 8.13. The first-order chi connectivity index (χ1) is 20.5. The van der Waals surface area contributed by atoms with E-state index in [9.17, 15) is 14.7 Å². The topological polar surface area (TPSA) is 88.5 Å². The minimum atomic E-state index is -0.669. The Kier molecular flexibility index (Phi) is 8.32. The number of halogens is 2. The van der Waals surface area contributed by atoms with Crippen molar-refractivity contribution in [2.45, 2.75) is 50.7 Å². The number of carbonyl (C=O) groups is 2. The number of allylic oxidation sites excluding steroid dienone is 1. The van der Waals surface area contributed by atoms with Gasteiger partial charge in [0, 0.05) is 47.5 Å². The molecule has 2 N–H and O–H groups in total. The molecule has 0 bridgehead atoms. The van der Waals surface area contributed by atoms with Gasteiger partial charge in [0.2, 0.25) is 5.91 Å². The van der Waals surface area contributed by atoms with Crippen LogP contribution >= 0.6 is 35.0 Å². The van der Waals surface area contributed by atoms with Crippen LogP contribution in [-0.4, -0.2) is 81.7 Å². The molecule has 11 heteroatoms. The van der Waals surface area contributed by atoms with E-state index >= 15 is 0 Å². The Morgan fingerprint density at radius 1 is 1.12 bits per heavy atom. The smallest absolute Gasteiger partial charge is 0.263 e. The van der Waals surface area contributed by atoms with Gasteiger partial charge in [0.15, 0.2) is 5.17 Å². The Morgan fingerprint density at radius 3 is 2.37 bits per heavy atom. The number of aliphatic hydroxyl groups is 1. The third kappa shape index (κ3) is 5.71. The van der Waals surface area contributed by atoms with Gasteiger partial charge in [0.1, 0.15) is 17.0 Å². The quantitative estimate of drug-likeness (QED) is 0.421. The zero-order chi connectivity index (χ0) is 30.5. The van der Waals surface area contributed by atoms with Crippen LogP contribution in [0.1, 0.15) is 50.8 Å². The lowest BCUT2D eigenvalue weighted by Crippen LogP contribution is -2.56. The number of aliphatic hydroxyl groups excluding tert-OH is 1. The molecule has 1 saturated heterocycles. The molecule has 8 nitrogen and oxygen atoms in total. The average molecular weight is 643 g/mol. The van der Waals surface area contributed by atoms with Crippen molar-refractivity contribution in [2.24, 2.45) is 10.9 Å². The molecule has 3 aliphatic heterocycles. The molecule has 0 aromatic heterocycles. The van der Waals surface area contributed by atoms with Crippen LogP contribution in [0, 0.1) is 5.92 Å². The first kappa shape index (κ1) is 30.5. The highest BCUT2D eigenvalue weighted by Crippen LogP contribution is 2.56. The fraction of sp³-hybridized carbons (Fsp3) is 0.469. The Balaban J connectivity index is 1.35. The molecule has 43 heavy (non-hydrogen) atoms. The molecule has 2 aromatic rings. The van der Waals surface area contributed by atoms with Crippen molar-refractivity contribution >= 4 is 51.9 Å². The van der Waals surface area contributed by atoms with Gasteiger partial charge in [-0.25, -0.2) is 4.99 Å². The van der Waals surface area contributed by atoms with Crippen molar-refractivity contribution in [1.82, 2.24) is 20.0 Å². The number of nitrogens with one attached hydrogen (secondary N) is 1. The third-order valence-corrected chi connectivity index (χ3v) is 10.5. The first-order valence-corrected chi connectivity index (χ1v) is 16.4. The molecule has 6 rings (SSSR count). The van der Waals surface area contributed by atoms with Gasteiger partial charge in [0.05, 0.1) is 12.6 Å². The van der Waals surface area contributed by atoms with Gasteiger partial charge < -0.3 is 25.1 Å². The van der Waals surface area contributed by atoms with E-state index in [1.54, 1.807) is 0 Å². The number of hydrogen-bond donors (Lipinski definition) is 2. The Bertz CT molecular complexity index is 1470. The number of thioether (sulfide) groups is 1. The van der Waals surface area contributed by atoms with E-state index < -0.39 is 5.54 Å². The van der Waals surface area contributed by atoms with Crippen LogP contribution in [0.3, 0.4) is 0 Å². The Labute approximate surface area is 267 Å². The van der Waals surface area contributed by atoms with Crippen molar-refractivity contribution in [3.05, 3.63) is 80.3 Å². The summed E-state index contributed by atoms with van der Waals surface area (Å²) in [5, 5.41) is 15.5. The molecule has 2 atom stereocenters. The van der Waals surface area contributed by atoms with Crippen LogP contribution in [0.5, 0.6) is 0 Å². The molecule has 2 fully saturated rings. The van der Waals surface area contributed by atoms with Crippen molar-refractivity contribution in [3.8, 4) is 0 Å². The normalized spacial score (nSPS) is 24.1. The highest BCUT2D eigenvalue weighted by atomic mass is 35.5. The van der Waals surface area contributed by atoms with E-state index in [2.05, 4.69) is 31.0 Å². The van der Waals surface area contributed by atoms with E-state index in [1.807, 2.05) is 53.4 Å². The molecule has 1 saturated carbocycles. The van der Waals surface area contributed by atoms with Crippen LogP contribution in [0.2, 0.25) is 10.0 Å². The number of nitrogens with zero attached hydrogens (tertiary/aromatic N) is 4. The van der Waals surface area contributed by atoms with Gasteiger partial charge >= 0.3 is 0 Å². The lowest BCUT2D eigenvalue weighted by molar-refractivity contribution is -0.139. The summed E-state index contributed by atoms with van der Waals surface area (Å²) in [6, 6.07) is 15.3. The maximum absolute atomic E-state index is 14.2. The number of rotatable bonds is 8. The number of hydrogen-bond acceptors (Lipinski definition) is 7. The summed E-state index contributed by atoms with van der Waals surface area (Å²) in [5.41, 5.74) is 2.26. The van der Waals surface area contributed by atoms with E-state index in [-0.39, 0.29) is 49.0 Å². The highest BCUT2D eigenvalue weighted by Gasteiger charge is 2.53. The van der Waals surface area contributed by atoms with Gasteiger partial charge in [0.25, 0.3) is 5.91 Å². The molecule has 3 heterocycles. The van der Waals surface area contributed by atoms with Gasteiger partial charge in [-0.1, -0.05) is 61.3 Å². The van der Waals surface area contributed by atoms with Gasteiger partial charge in [-0.2, -0.15) is 0 Å². The first-order valence-electron chi connectivity index (χ1n) is 14.8. The van der Waals surface area contributed by atoms with Crippen molar-refractivity contribution in [3.63, 3.8) is 0 Å². The second-order valence-corrected chi connectivity index (χ2v) is 14.2. The largest absolute Gasteiger partial charge is 0.395 e. The monoisotopic (exact) mass is 641 g/mol. The average Bonchev–Trinajstić information content (AvgIpc) is 3.51. The van der Waals surface area contributed by atoms with Crippen molar-refractivity contribution in [2.75, 3.05) is 39.3 Å². The Morgan fingerprint density at radius 2 is 1.77 bits per heavy atom. The number of aliphatic imine (C=N–C) groups is 1. The minimum Gasteiger partial charge on any atom is -0.395 e. The molecular formula is C32H37Cl2N5O3S. The summed E-state index contributed by atoms with van der Waals surface area (Å²) in [6.07, 6.45) is 2.14. The minimum absolute atomic E-state index is 0.0175. The van der Waals surface area contributed by atoms with Crippen LogP contribution < -0.4 is 5.32 Å². The SMILES string of the molecule is CC(C)C1=C(C(=O)N(CCO)CC(=O)N2CCNC3(CC3)C2)SC2=N[C@@](C)(c3ccc(Cl)cc3)[C@@H](c3ccc(Cl)cc3)N21. The summed E-state index contributed by atoms with van der Waals surface area (Å²) in [5.74, 6) is -0.361. The summed E-state index contributed by atoms with van der Waals surface area (Å²) in [6.45, 7) is 8.06. The van der Waals surface area contributed by atoms with Crippen LogP contribution in [-0.2, 0) is 15.1 Å².